The molecule has 0 atom stereocenters. The molecule has 2 aromatic rings. The lowest BCUT2D eigenvalue weighted by Crippen LogP contribution is -2.54. The number of hydrogen-bond donors (Lipinski definition) is 1. The molecule has 1 aromatic heterocycles. The maximum absolute atomic E-state index is 13.5. The van der Waals surface area contributed by atoms with Crippen molar-refractivity contribution in [3.8, 4) is 0 Å². The van der Waals surface area contributed by atoms with Crippen LogP contribution >= 0.6 is 12.2 Å². The first-order chi connectivity index (χ1) is 13.0. The molecular weight excluding hydrogens is 369 g/mol. The molecule has 0 radical (unpaired) electrons. The van der Waals surface area contributed by atoms with Crippen LogP contribution in [-0.2, 0) is 9.59 Å². The van der Waals surface area contributed by atoms with Gasteiger partial charge in [0.05, 0.1) is 5.69 Å². The summed E-state index contributed by atoms with van der Waals surface area (Å²) in [6, 6.07) is 8.98. The topological polar surface area (TPSA) is 65.8 Å². The second-order valence-corrected chi connectivity index (χ2v) is 6.69. The number of rotatable bonds is 3. The Bertz CT molecular complexity index is 963. The summed E-state index contributed by atoms with van der Waals surface area (Å²) in [5, 5.41) is 2.37. The van der Waals surface area contributed by atoms with Crippen LogP contribution in [0.3, 0.4) is 0 Å². The zero-order valence-corrected chi connectivity index (χ0v) is 15.1. The Kier molecular flexibility index (Phi) is 4.49. The molecule has 3 heterocycles. The Labute approximate surface area is 160 Å². The fraction of sp³-hybridized carbons (Fsp3) is 0.211. The van der Waals surface area contributed by atoms with Gasteiger partial charge < -0.3 is 9.32 Å². The van der Waals surface area contributed by atoms with E-state index in [-0.39, 0.29) is 16.4 Å². The predicted molar refractivity (Wildman–Crippen MR) is 103 cm³/mol. The second-order valence-electron chi connectivity index (χ2n) is 6.31. The van der Waals surface area contributed by atoms with Crippen LogP contribution in [0.4, 0.5) is 16.0 Å². The van der Waals surface area contributed by atoms with Crippen molar-refractivity contribution in [2.24, 2.45) is 0 Å². The monoisotopic (exact) mass is 385 g/mol. The largest absolute Gasteiger partial charge is 0.441 e. The number of amides is 2. The molecule has 138 valence electrons. The van der Waals surface area contributed by atoms with Crippen molar-refractivity contribution in [1.29, 1.82) is 0 Å². The van der Waals surface area contributed by atoms with Gasteiger partial charge in [-0.2, -0.15) is 0 Å². The van der Waals surface area contributed by atoms with Gasteiger partial charge in [0.1, 0.15) is 17.2 Å². The normalized spacial score (nSPS) is 19.1. The van der Waals surface area contributed by atoms with E-state index in [1.165, 1.54) is 24.3 Å². The maximum Gasteiger partial charge on any atom is 0.270 e. The van der Waals surface area contributed by atoms with Gasteiger partial charge in [0.25, 0.3) is 11.8 Å². The standard InChI is InChI=1S/C19H16FN3O3S/c20-12-4-3-5-13(10-12)23-18(25)15(17(24)21-19(23)27)11-14-6-7-16(26-14)22-8-1-2-9-22/h3-7,10-11H,1-2,8-9H2,(H,21,24,27)/b15-11+. The van der Waals surface area contributed by atoms with E-state index in [9.17, 15) is 14.0 Å². The first kappa shape index (κ1) is 17.4. The molecule has 1 aromatic carbocycles. The lowest BCUT2D eigenvalue weighted by atomic mass is 10.1. The van der Waals surface area contributed by atoms with Crippen LogP contribution in [-0.4, -0.2) is 30.0 Å². The van der Waals surface area contributed by atoms with Crippen molar-refractivity contribution in [3.63, 3.8) is 0 Å². The Morgan fingerprint density at radius 2 is 1.93 bits per heavy atom. The first-order valence-electron chi connectivity index (χ1n) is 8.55. The highest BCUT2D eigenvalue weighted by molar-refractivity contribution is 7.80. The number of carbonyl (C=O) groups is 2. The van der Waals surface area contributed by atoms with Gasteiger partial charge in [-0.05, 0) is 55.4 Å². The Morgan fingerprint density at radius 1 is 1.15 bits per heavy atom. The van der Waals surface area contributed by atoms with Crippen LogP contribution in [0.5, 0.6) is 0 Å². The van der Waals surface area contributed by atoms with Crippen molar-refractivity contribution in [2.45, 2.75) is 12.8 Å². The molecule has 2 saturated heterocycles. The van der Waals surface area contributed by atoms with Crippen molar-refractivity contribution in [3.05, 3.63) is 53.5 Å². The number of nitrogens with one attached hydrogen (secondary N) is 1. The molecule has 2 aliphatic heterocycles. The molecule has 2 amide bonds. The third-order valence-electron chi connectivity index (χ3n) is 4.49. The molecule has 8 heteroatoms. The third kappa shape index (κ3) is 3.35. The van der Waals surface area contributed by atoms with Crippen LogP contribution in [0, 0.1) is 5.82 Å². The lowest BCUT2D eigenvalue weighted by Gasteiger charge is -2.28. The summed E-state index contributed by atoms with van der Waals surface area (Å²) in [5.41, 5.74) is 0.114. The predicted octanol–water partition coefficient (Wildman–Crippen LogP) is 2.85. The highest BCUT2D eigenvalue weighted by atomic mass is 32.1. The number of halogens is 1. The highest BCUT2D eigenvalue weighted by Gasteiger charge is 2.35. The Morgan fingerprint density at radius 3 is 2.67 bits per heavy atom. The lowest BCUT2D eigenvalue weighted by molar-refractivity contribution is -0.122. The summed E-state index contributed by atoms with van der Waals surface area (Å²) in [5.74, 6) is -0.653. The van der Waals surface area contributed by atoms with Crippen molar-refractivity contribution in [2.75, 3.05) is 22.9 Å². The molecule has 0 bridgehead atoms. The minimum atomic E-state index is -0.631. The zero-order chi connectivity index (χ0) is 19.0. The van der Waals surface area contributed by atoms with E-state index in [0.717, 1.165) is 30.8 Å². The van der Waals surface area contributed by atoms with E-state index >= 15 is 0 Å². The summed E-state index contributed by atoms with van der Waals surface area (Å²) >= 11 is 5.09. The van der Waals surface area contributed by atoms with E-state index in [1.54, 1.807) is 12.1 Å². The van der Waals surface area contributed by atoms with Crippen LogP contribution in [0.2, 0.25) is 0 Å². The Balaban J connectivity index is 1.65. The number of nitrogens with zero attached hydrogens (tertiary/aromatic N) is 2. The van der Waals surface area contributed by atoms with E-state index < -0.39 is 17.6 Å². The third-order valence-corrected chi connectivity index (χ3v) is 4.77. The number of hydrogen-bond acceptors (Lipinski definition) is 5. The molecule has 4 rings (SSSR count). The van der Waals surface area contributed by atoms with Gasteiger partial charge in [-0.1, -0.05) is 6.07 Å². The van der Waals surface area contributed by atoms with Crippen LogP contribution in [0.15, 0.2) is 46.4 Å². The van der Waals surface area contributed by atoms with Crippen LogP contribution in [0.1, 0.15) is 18.6 Å². The van der Waals surface area contributed by atoms with Gasteiger partial charge >= 0.3 is 0 Å². The van der Waals surface area contributed by atoms with Gasteiger partial charge in [0.15, 0.2) is 11.0 Å². The van der Waals surface area contributed by atoms with Gasteiger partial charge in [-0.25, -0.2) is 4.39 Å². The highest BCUT2D eigenvalue weighted by Crippen LogP contribution is 2.26. The summed E-state index contributed by atoms with van der Waals surface area (Å²) in [4.78, 5) is 28.3. The van der Waals surface area contributed by atoms with Gasteiger partial charge in [0, 0.05) is 19.2 Å². The summed E-state index contributed by atoms with van der Waals surface area (Å²) in [6.45, 7) is 1.84. The summed E-state index contributed by atoms with van der Waals surface area (Å²) < 4.78 is 19.3. The van der Waals surface area contributed by atoms with Crippen molar-refractivity contribution in [1.82, 2.24) is 5.32 Å². The smallest absolute Gasteiger partial charge is 0.270 e. The van der Waals surface area contributed by atoms with E-state index in [4.69, 9.17) is 16.6 Å². The maximum atomic E-state index is 13.5. The van der Waals surface area contributed by atoms with Crippen molar-refractivity contribution >= 4 is 46.8 Å². The number of anilines is 2. The molecule has 27 heavy (non-hydrogen) atoms. The van der Waals surface area contributed by atoms with E-state index in [0.29, 0.717) is 11.6 Å². The number of benzene rings is 1. The van der Waals surface area contributed by atoms with E-state index in [1.807, 2.05) is 6.07 Å². The van der Waals surface area contributed by atoms with Gasteiger partial charge in [-0.3, -0.25) is 19.8 Å². The second kappa shape index (κ2) is 6.96. The average Bonchev–Trinajstić information content (AvgIpc) is 3.30. The van der Waals surface area contributed by atoms with Crippen molar-refractivity contribution < 1.29 is 18.4 Å². The average molecular weight is 385 g/mol. The van der Waals surface area contributed by atoms with Crippen LogP contribution in [0.25, 0.3) is 6.08 Å². The minimum absolute atomic E-state index is 0.0926. The molecule has 1 N–H and O–H groups in total. The number of thiocarbonyl (C=S) groups is 1. The molecule has 0 unspecified atom stereocenters. The molecule has 6 nitrogen and oxygen atoms in total. The molecule has 0 saturated carbocycles. The van der Waals surface area contributed by atoms with Gasteiger partial charge in [0.2, 0.25) is 0 Å². The molecular formula is C19H16FN3O3S. The molecule has 2 aliphatic rings. The SMILES string of the molecule is O=C1NC(=S)N(c2cccc(F)c2)C(=O)/C1=C/c1ccc(N2CCCC2)o1. The Hall–Kier alpha value is -3.00. The fourth-order valence-electron chi connectivity index (χ4n) is 3.18. The molecule has 0 aliphatic carbocycles. The van der Waals surface area contributed by atoms with Gasteiger partial charge in [-0.15, -0.1) is 0 Å². The number of furan rings is 1. The minimum Gasteiger partial charge on any atom is -0.441 e. The molecule has 0 spiro atoms. The summed E-state index contributed by atoms with van der Waals surface area (Å²) in [6.07, 6.45) is 3.60. The quantitative estimate of drug-likeness (QED) is 0.500. The first-order valence-corrected chi connectivity index (χ1v) is 8.95. The molecule has 2 fully saturated rings. The van der Waals surface area contributed by atoms with Crippen LogP contribution < -0.4 is 15.1 Å². The fourth-order valence-corrected chi connectivity index (χ4v) is 3.46. The summed E-state index contributed by atoms with van der Waals surface area (Å²) in [7, 11) is 0. The number of carbonyl (C=O) groups excluding carboxylic acids is 2. The zero-order valence-electron chi connectivity index (χ0n) is 14.3. The van der Waals surface area contributed by atoms with E-state index in [2.05, 4.69) is 10.2 Å².